The van der Waals surface area contributed by atoms with E-state index in [1.807, 2.05) is 30.3 Å². The van der Waals surface area contributed by atoms with Crippen molar-refractivity contribution in [2.45, 2.75) is 18.9 Å². The van der Waals surface area contributed by atoms with Gasteiger partial charge in [-0.05, 0) is 30.9 Å². The third kappa shape index (κ3) is 3.10. The Kier molecular flexibility index (Phi) is 3.49. The molecule has 0 spiro atoms. The monoisotopic (exact) mass is 284 g/mol. The van der Waals surface area contributed by atoms with E-state index < -0.39 is 15.4 Å². The van der Waals surface area contributed by atoms with Gasteiger partial charge in [-0.1, -0.05) is 18.2 Å². The molecule has 0 amide bonds. The SMILES string of the molecule is CC(O)(CCS(C)(=O)=O)c1cc2ccccc2s1. The van der Waals surface area contributed by atoms with Crippen LogP contribution >= 0.6 is 11.3 Å². The molecule has 1 N–H and O–H groups in total. The zero-order valence-corrected chi connectivity index (χ0v) is 12.0. The van der Waals surface area contributed by atoms with Crippen molar-refractivity contribution in [3.63, 3.8) is 0 Å². The molecule has 98 valence electrons. The fourth-order valence-corrected chi connectivity index (χ4v) is 3.66. The first kappa shape index (κ1) is 13.5. The van der Waals surface area contributed by atoms with Gasteiger partial charge in [0.15, 0.2) is 0 Å². The van der Waals surface area contributed by atoms with Crippen LogP contribution in [-0.4, -0.2) is 25.5 Å². The lowest BCUT2D eigenvalue weighted by Crippen LogP contribution is -2.23. The second-order valence-electron chi connectivity index (χ2n) is 4.80. The Labute approximate surface area is 111 Å². The van der Waals surface area contributed by atoms with Crippen LogP contribution < -0.4 is 0 Å². The van der Waals surface area contributed by atoms with E-state index in [-0.39, 0.29) is 12.2 Å². The standard InChI is InChI=1S/C13H16O3S2/c1-13(14,7-8-18(2,15)16)12-9-10-5-3-4-6-11(10)17-12/h3-6,9,14H,7-8H2,1-2H3. The van der Waals surface area contributed by atoms with E-state index in [9.17, 15) is 13.5 Å². The maximum atomic E-state index is 11.2. The number of aliphatic hydroxyl groups is 1. The Morgan fingerprint density at radius 2 is 2.00 bits per heavy atom. The molecule has 1 unspecified atom stereocenters. The third-order valence-corrected chi connectivity index (χ3v) is 5.23. The largest absolute Gasteiger partial charge is 0.385 e. The topological polar surface area (TPSA) is 54.4 Å². The zero-order chi connectivity index (χ0) is 13.4. The number of benzene rings is 1. The number of thiophene rings is 1. The number of hydrogen-bond acceptors (Lipinski definition) is 4. The van der Waals surface area contributed by atoms with Crippen LogP contribution in [0.1, 0.15) is 18.2 Å². The number of sulfone groups is 1. The smallest absolute Gasteiger partial charge is 0.147 e. The lowest BCUT2D eigenvalue weighted by atomic mass is 10.0. The summed E-state index contributed by atoms with van der Waals surface area (Å²) in [7, 11) is -3.05. The summed E-state index contributed by atoms with van der Waals surface area (Å²) >= 11 is 1.51. The second kappa shape index (κ2) is 4.64. The highest BCUT2D eigenvalue weighted by Crippen LogP contribution is 2.35. The number of rotatable bonds is 4. The lowest BCUT2D eigenvalue weighted by Gasteiger charge is -2.21. The Balaban J connectivity index is 2.28. The molecule has 0 saturated carbocycles. The number of fused-ring (bicyclic) bond motifs is 1. The van der Waals surface area contributed by atoms with Crippen molar-refractivity contribution >= 4 is 31.3 Å². The van der Waals surface area contributed by atoms with E-state index in [0.717, 1.165) is 15.0 Å². The molecule has 3 nitrogen and oxygen atoms in total. The van der Waals surface area contributed by atoms with Crippen molar-refractivity contribution in [3.8, 4) is 0 Å². The molecule has 0 aliphatic rings. The van der Waals surface area contributed by atoms with Gasteiger partial charge in [-0.2, -0.15) is 0 Å². The van der Waals surface area contributed by atoms with Gasteiger partial charge < -0.3 is 5.11 Å². The Hall–Kier alpha value is -0.910. The molecule has 0 fully saturated rings. The van der Waals surface area contributed by atoms with Crippen molar-refractivity contribution in [2.24, 2.45) is 0 Å². The molecular formula is C13H16O3S2. The fourth-order valence-electron chi connectivity index (χ4n) is 1.75. The Bertz CT molecular complexity index is 621. The molecular weight excluding hydrogens is 268 g/mol. The molecule has 18 heavy (non-hydrogen) atoms. The minimum absolute atomic E-state index is 0.00571. The summed E-state index contributed by atoms with van der Waals surface area (Å²) in [6.45, 7) is 1.67. The lowest BCUT2D eigenvalue weighted by molar-refractivity contribution is 0.0578. The normalized spacial score (nSPS) is 15.7. The average molecular weight is 284 g/mol. The van der Waals surface area contributed by atoms with E-state index in [2.05, 4.69) is 0 Å². The summed E-state index contributed by atoms with van der Waals surface area (Å²) in [5.74, 6) is -0.00571. The maximum absolute atomic E-state index is 11.2. The van der Waals surface area contributed by atoms with Crippen LogP contribution in [0.4, 0.5) is 0 Å². The highest BCUT2D eigenvalue weighted by molar-refractivity contribution is 7.90. The van der Waals surface area contributed by atoms with Crippen LogP contribution in [0.25, 0.3) is 10.1 Å². The molecule has 0 radical (unpaired) electrons. The fraction of sp³-hybridized carbons (Fsp3) is 0.385. The second-order valence-corrected chi connectivity index (χ2v) is 8.15. The first-order chi connectivity index (χ1) is 8.28. The molecule has 1 aromatic carbocycles. The van der Waals surface area contributed by atoms with Crippen molar-refractivity contribution in [1.29, 1.82) is 0 Å². The minimum atomic E-state index is -3.05. The Morgan fingerprint density at radius 1 is 1.33 bits per heavy atom. The van der Waals surface area contributed by atoms with Gasteiger partial charge in [-0.15, -0.1) is 11.3 Å². The van der Waals surface area contributed by atoms with Gasteiger partial charge in [0.2, 0.25) is 0 Å². The highest BCUT2D eigenvalue weighted by atomic mass is 32.2. The van der Waals surface area contributed by atoms with Crippen LogP contribution in [0.2, 0.25) is 0 Å². The molecule has 0 saturated heterocycles. The van der Waals surface area contributed by atoms with Crippen LogP contribution in [-0.2, 0) is 15.4 Å². The quantitative estimate of drug-likeness (QED) is 0.938. The first-order valence-corrected chi connectivity index (χ1v) is 8.55. The van der Waals surface area contributed by atoms with Crippen LogP contribution in [0, 0.1) is 0 Å². The van der Waals surface area contributed by atoms with Gasteiger partial charge in [0, 0.05) is 15.8 Å². The molecule has 1 aromatic heterocycles. The van der Waals surface area contributed by atoms with Crippen molar-refractivity contribution < 1.29 is 13.5 Å². The summed E-state index contributed by atoms with van der Waals surface area (Å²) in [5, 5.41) is 11.5. The average Bonchev–Trinajstić information content (AvgIpc) is 2.70. The van der Waals surface area contributed by atoms with Gasteiger partial charge >= 0.3 is 0 Å². The molecule has 5 heteroatoms. The van der Waals surface area contributed by atoms with E-state index in [1.165, 1.54) is 17.6 Å². The van der Waals surface area contributed by atoms with Crippen molar-refractivity contribution in [2.75, 3.05) is 12.0 Å². The maximum Gasteiger partial charge on any atom is 0.147 e. The molecule has 2 rings (SSSR count). The summed E-state index contributed by atoms with van der Waals surface area (Å²) < 4.78 is 23.5. The summed E-state index contributed by atoms with van der Waals surface area (Å²) in [6, 6.07) is 9.82. The highest BCUT2D eigenvalue weighted by Gasteiger charge is 2.26. The summed E-state index contributed by atoms with van der Waals surface area (Å²) in [4.78, 5) is 0.812. The van der Waals surface area contributed by atoms with Gasteiger partial charge in [-0.25, -0.2) is 8.42 Å². The van der Waals surface area contributed by atoms with E-state index in [1.54, 1.807) is 6.92 Å². The Morgan fingerprint density at radius 3 is 2.61 bits per heavy atom. The van der Waals surface area contributed by atoms with E-state index in [4.69, 9.17) is 0 Å². The molecule has 1 atom stereocenters. The zero-order valence-electron chi connectivity index (χ0n) is 10.4. The van der Waals surface area contributed by atoms with Crippen molar-refractivity contribution in [1.82, 2.24) is 0 Å². The number of hydrogen-bond donors (Lipinski definition) is 1. The molecule has 0 aliphatic carbocycles. The van der Waals surface area contributed by atoms with Gasteiger partial charge in [0.05, 0.1) is 11.4 Å². The summed E-state index contributed by atoms with van der Waals surface area (Å²) in [6.07, 6.45) is 1.41. The third-order valence-electron chi connectivity index (χ3n) is 2.92. The predicted octanol–water partition coefficient (Wildman–Crippen LogP) is 2.54. The van der Waals surface area contributed by atoms with Crippen LogP contribution in [0.15, 0.2) is 30.3 Å². The molecule has 2 aromatic rings. The predicted molar refractivity (Wildman–Crippen MR) is 75.7 cm³/mol. The van der Waals surface area contributed by atoms with E-state index >= 15 is 0 Å². The molecule has 0 aliphatic heterocycles. The van der Waals surface area contributed by atoms with Crippen LogP contribution in [0.3, 0.4) is 0 Å². The molecule has 1 heterocycles. The minimum Gasteiger partial charge on any atom is -0.385 e. The first-order valence-electron chi connectivity index (χ1n) is 5.67. The van der Waals surface area contributed by atoms with Gasteiger partial charge in [-0.3, -0.25) is 0 Å². The van der Waals surface area contributed by atoms with Crippen LogP contribution in [0.5, 0.6) is 0 Å². The molecule has 0 bridgehead atoms. The summed E-state index contributed by atoms with van der Waals surface area (Å²) in [5.41, 5.74) is -1.09. The van der Waals surface area contributed by atoms with Crippen molar-refractivity contribution in [3.05, 3.63) is 35.2 Å². The van der Waals surface area contributed by atoms with Gasteiger partial charge in [0.25, 0.3) is 0 Å². The van der Waals surface area contributed by atoms with Gasteiger partial charge in [0.1, 0.15) is 9.84 Å². The van der Waals surface area contributed by atoms with E-state index in [0.29, 0.717) is 0 Å².